The lowest BCUT2D eigenvalue weighted by Crippen LogP contribution is -2.14. The van der Waals surface area contributed by atoms with Gasteiger partial charge in [0.1, 0.15) is 5.82 Å². The number of hydrogen-bond acceptors (Lipinski definition) is 4. The third-order valence-electron chi connectivity index (χ3n) is 1.64. The van der Waals surface area contributed by atoms with Crippen molar-refractivity contribution in [2.45, 2.75) is 0 Å². The minimum atomic E-state index is -0.0658. The van der Waals surface area contributed by atoms with Crippen molar-refractivity contribution in [3.8, 4) is 11.8 Å². The Kier molecular flexibility index (Phi) is 5.40. The van der Waals surface area contributed by atoms with Crippen molar-refractivity contribution in [2.75, 3.05) is 23.9 Å². The van der Waals surface area contributed by atoms with Crippen LogP contribution in [0, 0.1) is 11.8 Å². The van der Waals surface area contributed by atoms with Crippen LogP contribution >= 0.6 is 11.8 Å². The number of rotatable bonds is 3. The minimum Gasteiger partial charge on any atom is -0.320 e. The normalized spacial score (nSPS) is 9.12. The second-order valence-electron chi connectivity index (χ2n) is 2.92. The van der Waals surface area contributed by atoms with E-state index in [0.717, 1.165) is 5.56 Å². The van der Waals surface area contributed by atoms with Gasteiger partial charge < -0.3 is 11.1 Å². The van der Waals surface area contributed by atoms with E-state index < -0.39 is 0 Å². The van der Waals surface area contributed by atoms with Gasteiger partial charge in [0.05, 0.1) is 12.3 Å². The van der Waals surface area contributed by atoms with E-state index in [2.05, 4.69) is 22.1 Å². The second kappa shape index (κ2) is 6.88. The summed E-state index contributed by atoms with van der Waals surface area (Å²) in [7, 11) is 0. The van der Waals surface area contributed by atoms with Gasteiger partial charge in [-0.2, -0.15) is 11.8 Å². The molecule has 5 heteroatoms. The van der Waals surface area contributed by atoms with Crippen LogP contribution < -0.4 is 11.1 Å². The van der Waals surface area contributed by atoms with E-state index in [1.54, 1.807) is 18.3 Å². The van der Waals surface area contributed by atoms with Crippen molar-refractivity contribution in [1.82, 2.24) is 4.98 Å². The number of hydrogen-bond donors (Lipinski definition) is 2. The summed E-state index contributed by atoms with van der Waals surface area (Å²) in [4.78, 5) is 15.3. The molecule has 0 spiro atoms. The van der Waals surface area contributed by atoms with Gasteiger partial charge in [-0.25, -0.2) is 4.98 Å². The van der Waals surface area contributed by atoms with Crippen molar-refractivity contribution in [3.63, 3.8) is 0 Å². The maximum Gasteiger partial charge on any atom is 0.235 e. The van der Waals surface area contributed by atoms with Crippen LogP contribution in [0.5, 0.6) is 0 Å². The Hall–Kier alpha value is -1.51. The molecular formula is C11H13N3OS. The Bertz CT molecular complexity index is 423. The van der Waals surface area contributed by atoms with Crippen LogP contribution in [-0.4, -0.2) is 29.4 Å². The summed E-state index contributed by atoms with van der Waals surface area (Å²) < 4.78 is 0. The summed E-state index contributed by atoms with van der Waals surface area (Å²) >= 11 is 1.46. The summed E-state index contributed by atoms with van der Waals surface area (Å²) in [5.41, 5.74) is 6.06. The molecule has 1 amide bonds. The van der Waals surface area contributed by atoms with Gasteiger partial charge in [0.2, 0.25) is 5.91 Å². The maximum atomic E-state index is 11.3. The van der Waals surface area contributed by atoms with Crippen LogP contribution in [0.3, 0.4) is 0 Å². The Labute approximate surface area is 99.0 Å². The van der Waals surface area contributed by atoms with Crippen molar-refractivity contribution < 1.29 is 4.79 Å². The highest BCUT2D eigenvalue weighted by molar-refractivity contribution is 7.99. The number of anilines is 1. The number of nitrogens with zero attached hydrogens (tertiary/aromatic N) is 1. The molecule has 0 saturated heterocycles. The molecule has 0 radical (unpaired) electrons. The number of aromatic nitrogens is 1. The molecular weight excluding hydrogens is 222 g/mol. The Morgan fingerprint density at radius 1 is 1.69 bits per heavy atom. The third kappa shape index (κ3) is 4.34. The lowest BCUT2D eigenvalue weighted by molar-refractivity contribution is -0.113. The van der Waals surface area contributed by atoms with Crippen molar-refractivity contribution in [1.29, 1.82) is 0 Å². The predicted octanol–water partition coefficient (Wildman–Crippen LogP) is 0.693. The van der Waals surface area contributed by atoms with E-state index in [1.807, 2.05) is 6.26 Å². The number of nitrogens with one attached hydrogen (secondary N) is 1. The number of pyridine rings is 1. The Morgan fingerprint density at radius 3 is 3.19 bits per heavy atom. The smallest absolute Gasteiger partial charge is 0.235 e. The number of carbonyl (C=O) groups is 1. The third-order valence-corrected chi connectivity index (χ3v) is 2.19. The van der Waals surface area contributed by atoms with E-state index in [1.165, 1.54) is 11.8 Å². The van der Waals surface area contributed by atoms with E-state index in [0.29, 0.717) is 18.1 Å². The SMILES string of the molecule is CSCC(=O)Nc1cc(C#CCN)ccn1. The summed E-state index contributed by atoms with van der Waals surface area (Å²) in [6.07, 6.45) is 3.48. The van der Waals surface area contributed by atoms with E-state index in [9.17, 15) is 4.79 Å². The molecule has 0 unspecified atom stereocenters. The standard InChI is InChI=1S/C11H13N3OS/c1-16-8-11(15)14-10-7-9(3-2-5-12)4-6-13-10/h4,6-7H,5,8,12H2,1H3,(H,13,14,15). The quantitative estimate of drug-likeness (QED) is 0.757. The van der Waals surface area contributed by atoms with Crippen LogP contribution in [0.25, 0.3) is 0 Å². The van der Waals surface area contributed by atoms with E-state index >= 15 is 0 Å². The number of carbonyl (C=O) groups excluding carboxylic acids is 1. The zero-order chi connectivity index (χ0) is 11.8. The van der Waals surface area contributed by atoms with Gasteiger partial charge in [-0.05, 0) is 18.4 Å². The molecule has 84 valence electrons. The van der Waals surface area contributed by atoms with Gasteiger partial charge in [0, 0.05) is 11.8 Å². The summed E-state index contributed by atoms with van der Waals surface area (Å²) in [6.45, 7) is 0.316. The van der Waals surface area contributed by atoms with Crippen LogP contribution in [0.1, 0.15) is 5.56 Å². The Balaban J connectivity index is 2.71. The molecule has 0 aliphatic heterocycles. The average molecular weight is 235 g/mol. The lowest BCUT2D eigenvalue weighted by atomic mass is 10.2. The monoisotopic (exact) mass is 235 g/mol. The number of amides is 1. The summed E-state index contributed by atoms with van der Waals surface area (Å²) in [5.74, 6) is 6.49. The lowest BCUT2D eigenvalue weighted by Gasteiger charge is -2.02. The number of thioether (sulfide) groups is 1. The predicted molar refractivity (Wildman–Crippen MR) is 67.2 cm³/mol. The van der Waals surface area contributed by atoms with Gasteiger partial charge in [0.15, 0.2) is 0 Å². The fourth-order valence-electron chi connectivity index (χ4n) is 1.04. The molecule has 1 aromatic heterocycles. The van der Waals surface area contributed by atoms with Crippen LogP contribution in [0.15, 0.2) is 18.3 Å². The first-order valence-electron chi connectivity index (χ1n) is 4.70. The molecule has 0 bridgehead atoms. The van der Waals surface area contributed by atoms with Crippen molar-refractivity contribution >= 4 is 23.5 Å². The number of nitrogens with two attached hydrogens (primary N) is 1. The van der Waals surface area contributed by atoms with Gasteiger partial charge in [-0.3, -0.25) is 4.79 Å². The fourth-order valence-corrected chi connectivity index (χ4v) is 1.37. The first kappa shape index (κ1) is 12.6. The van der Waals surface area contributed by atoms with Crippen LogP contribution in [0.2, 0.25) is 0 Å². The van der Waals surface area contributed by atoms with Crippen molar-refractivity contribution in [2.24, 2.45) is 5.73 Å². The van der Waals surface area contributed by atoms with Gasteiger partial charge in [0.25, 0.3) is 0 Å². The molecule has 1 aromatic rings. The molecule has 0 fully saturated rings. The highest BCUT2D eigenvalue weighted by Crippen LogP contribution is 2.06. The van der Waals surface area contributed by atoms with Gasteiger partial charge >= 0.3 is 0 Å². The molecule has 16 heavy (non-hydrogen) atoms. The van der Waals surface area contributed by atoms with Crippen LogP contribution in [-0.2, 0) is 4.79 Å². The average Bonchev–Trinajstić information content (AvgIpc) is 2.27. The highest BCUT2D eigenvalue weighted by atomic mass is 32.2. The largest absolute Gasteiger partial charge is 0.320 e. The molecule has 1 rings (SSSR count). The molecule has 4 nitrogen and oxygen atoms in total. The first-order valence-corrected chi connectivity index (χ1v) is 6.09. The van der Waals surface area contributed by atoms with Crippen LogP contribution in [0.4, 0.5) is 5.82 Å². The van der Waals surface area contributed by atoms with Crippen molar-refractivity contribution in [3.05, 3.63) is 23.9 Å². The zero-order valence-electron chi connectivity index (χ0n) is 8.99. The molecule has 0 saturated carbocycles. The highest BCUT2D eigenvalue weighted by Gasteiger charge is 2.01. The zero-order valence-corrected chi connectivity index (χ0v) is 9.80. The van der Waals surface area contributed by atoms with Gasteiger partial charge in [-0.15, -0.1) is 0 Å². The first-order chi connectivity index (χ1) is 7.76. The molecule has 3 N–H and O–H groups in total. The maximum absolute atomic E-state index is 11.3. The molecule has 0 aromatic carbocycles. The summed E-state index contributed by atoms with van der Waals surface area (Å²) in [6, 6.07) is 3.49. The Morgan fingerprint density at radius 2 is 2.50 bits per heavy atom. The molecule has 1 heterocycles. The second-order valence-corrected chi connectivity index (χ2v) is 3.78. The van der Waals surface area contributed by atoms with E-state index in [4.69, 9.17) is 5.73 Å². The molecule has 0 aliphatic carbocycles. The topological polar surface area (TPSA) is 68.0 Å². The molecule has 0 atom stereocenters. The van der Waals surface area contributed by atoms with E-state index in [-0.39, 0.29) is 5.91 Å². The minimum absolute atomic E-state index is 0.0658. The van der Waals surface area contributed by atoms with Gasteiger partial charge in [-0.1, -0.05) is 11.8 Å². The summed E-state index contributed by atoms with van der Waals surface area (Å²) in [5, 5.41) is 2.69. The fraction of sp³-hybridized carbons (Fsp3) is 0.273. The molecule has 0 aliphatic rings.